The summed E-state index contributed by atoms with van der Waals surface area (Å²) in [7, 11) is 0. The van der Waals surface area contributed by atoms with Crippen LogP contribution in [0.4, 0.5) is 4.39 Å². The van der Waals surface area contributed by atoms with Gasteiger partial charge in [0, 0.05) is 18.6 Å². The molecule has 1 aromatic rings. The molecule has 1 aliphatic heterocycles. The minimum atomic E-state index is -0.158. The zero-order valence-electron chi connectivity index (χ0n) is 12.9. The molecule has 0 radical (unpaired) electrons. The molecule has 0 bridgehead atoms. The SMILES string of the molecule is CC(Cc1ccc(F)cc1)NCC1CCN(C(C)C)C1. The molecule has 2 rings (SSSR count). The van der Waals surface area contributed by atoms with Crippen molar-refractivity contribution in [3.05, 3.63) is 35.6 Å². The number of nitrogens with one attached hydrogen (secondary N) is 1. The summed E-state index contributed by atoms with van der Waals surface area (Å²) in [4.78, 5) is 2.55. The molecule has 0 saturated carbocycles. The van der Waals surface area contributed by atoms with E-state index in [0.717, 1.165) is 18.9 Å². The second-order valence-corrected chi connectivity index (χ2v) is 6.38. The van der Waals surface area contributed by atoms with Gasteiger partial charge in [0.05, 0.1) is 0 Å². The van der Waals surface area contributed by atoms with Crippen molar-refractivity contribution >= 4 is 0 Å². The monoisotopic (exact) mass is 278 g/mol. The first kappa shape index (κ1) is 15.5. The maximum Gasteiger partial charge on any atom is 0.123 e. The van der Waals surface area contributed by atoms with Crippen LogP contribution in [0, 0.1) is 11.7 Å². The average Bonchev–Trinajstić information content (AvgIpc) is 2.88. The number of nitrogens with zero attached hydrogens (tertiary/aromatic N) is 1. The number of rotatable bonds is 6. The molecule has 2 nitrogen and oxygen atoms in total. The molecule has 112 valence electrons. The highest BCUT2D eigenvalue weighted by Gasteiger charge is 2.24. The molecule has 1 N–H and O–H groups in total. The fraction of sp³-hybridized carbons (Fsp3) is 0.647. The Labute approximate surface area is 122 Å². The van der Waals surface area contributed by atoms with Gasteiger partial charge >= 0.3 is 0 Å². The van der Waals surface area contributed by atoms with Crippen LogP contribution in [0.15, 0.2) is 24.3 Å². The molecular formula is C17H27FN2. The van der Waals surface area contributed by atoms with Gasteiger partial charge in [-0.1, -0.05) is 12.1 Å². The summed E-state index contributed by atoms with van der Waals surface area (Å²) in [6.07, 6.45) is 2.26. The van der Waals surface area contributed by atoms with Crippen LogP contribution in [0.5, 0.6) is 0 Å². The zero-order chi connectivity index (χ0) is 14.5. The lowest BCUT2D eigenvalue weighted by molar-refractivity contribution is 0.263. The zero-order valence-corrected chi connectivity index (χ0v) is 12.9. The molecule has 0 aromatic heterocycles. The third-order valence-corrected chi connectivity index (χ3v) is 4.26. The van der Waals surface area contributed by atoms with E-state index in [2.05, 4.69) is 31.0 Å². The fourth-order valence-corrected chi connectivity index (χ4v) is 2.91. The number of hydrogen-bond acceptors (Lipinski definition) is 2. The minimum absolute atomic E-state index is 0.158. The second-order valence-electron chi connectivity index (χ2n) is 6.38. The van der Waals surface area contributed by atoms with Crippen molar-refractivity contribution in [3.8, 4) is 0 Å². The van der Waals surface area contributed by atoms with Crippen molar-refractivity contribution in [2.75, 3.05) is 19.6 Å². The van der Waals surface area contributed by atoms with E-state index in [1.807, 2.05) is 12.1 Å². The highest BCUT2D eigenvalue weighted by molar-refractivity contribution is 5.16. The second kappa shape index (κ2) is 7.19. The lowest BCUT2D eigenvalue weighted by Gasteiger charge is -2.21. The molecule has 0 spiro atoms. The van der Waals surface area contributed by atoms with Crippen LogP contribution in [-0.4, -0.2) is 36.6 Å². The van der Waals surface area contributed by atoms with Crippen molar-refractivity contribution in [1.82, 2.24) is 10.2 Å². The van der Waals surface area contributed by atoms with E-state index < -0.39 is 0 Å². The van der Waals surface area contributed by atoms with Gasteiger partial charge in [0.15, 0.2) is 0 Å². The van der Waals surface area contributed by atoms with Crippen LogP contribution >= 0.6 is 0 Å². The van der Waals surface area contributed by atoms with Gasteiger partial charge in [-0.05, 0) is 70.3 Å². The van der Waals surface area contributed by atoms with Gasteiger partial charge in [0.25, 0.3) is 0 Å². The van der Waals surface area contributed by atoms with Gasteiger partial charge in [-0.3, -0.25) is 0 Å². The van der Waals surface area contributed by atoms with Crippen LogP contribution in [0.2, 0.25) is 0 Å². The molecule has 2 unspecified atom stereocenters. The third-order valence-electron chi connectivity index (χ3n) is 4.26. The van der Waals surface area contributed by atoms with Gasteiger partial charge in [-0.25, -0.2) is 4.39 Å². The van der Waals surface area contributed by atoms with E-state index in [1.165, 1.54) is 25.1 Å². The van der Waals surface area contributed by atoms with Crippen molar-refractivity contribution in [2.24, 2.45) is 5.92 Å². The minimum Gasteiger partial charge on any atom is -0.314 e. The van der Waals surface area contributed by atoms with E-state index in [1.54, 1.807) is 12.1 Å². The van der Waals surface area contributed by atoms with Gasteiger partial charge in [-0.2, -0.15) is 0 Å². The summed E-state index contributed by atoms with van der Waals surface area (Å²) in [5, 5.41) is 3.63. The summed E-state index contributed by atoms with van der Waals surface area (Å²) in [6, 6.07) is 7.94. The Bertz CT molecular complexity index is 402. The number of hydrogen-bond donors (Lipinski definition) is 1. The summed E-state index contributed by atoms with van der Waals surface area (Å²) < 4.78 is 12.9. The first-order valence-electron chi connectivity index (χ1n) is 7.76. The van der Waals surface area contributed by atoms with Crippen LogP contribution in [0.3, 0.4) is 0 Å². The highest BCUT2D eigenvalue weighted by Crippen LogP contribution is 2.18. The van der Waals surface area contributed by atoms with Crippen LogP contribution in [-0.2, 0) is 6.42 Å². The van der Waals surface area contributed by atoms with E-state index >= 15 is 0 Å². The fourth-order valence-electron chi connectivity index (χ4n) is 2.91. The summed E-state index contributed by atoms with van der Waals surface area (Å²) >= 11 is 0. The Morgan fingerprint density at radius 1 is 1.25 bits per heavy atom. The Hall–Kier alpha value is -0.930. The molecule has 1 fully saturated rings. The largest absolute Gasteiger partial charge is 0.314 e. The van der Waals surface area contributed by atoms with Crippen molar-refractivity contribution in [3.63, 3.8) is 0 Å². The standard InChI is InChI=1S/C17H27FN2/c1-13(2)20-9-8-16(12-20)11-19-14(3)10-15-4-6-17(18)7-5-15/h4-7,13-14,16,19H,8-12H2,1-3H3. The topological polar surface area (TPSA) is 15.3 Å². The summed E-state index contributed by atoms with van der Waals surface area (Å²) in [5.74, 6) is 0.613. The summed E-state index contributed by atoms with van der Waals surface area (Å²) in [6.45, 7) is 10.3. The molecule has 1 heterocycles. The van der Waals surface area contributed by atoms with Crippen LogP contribution in [0.25, 0.3) is 0 Å². The quantitative estimate of drug-likeness (QED) is 0.860. The first-order valence-corrected chi connectivity index (χ1v) is 7.76. The van der Waals surface area contributed by atoms with Gasteiger partial charge in [-0.15, -0.1) is 0 Å². The predicted octanol–water partition coefficient (Wildman–Crippen LogP) is 3.08. The Balaban J connectivity index is 1.70. The van der Waals surface area contributed by atoms with Gasteiger partial charge < -0.3 is 10.2 Å². The molecule has 0 amide bonds. The smallest absolute Gasteiger partial charge is 0.123 e. The lowest BCUT2D eigenvalue weighted by Crippen LogP contribution is -2.35. The molecular weight excluding hydrogens is 251 g/mol. The van der Waals surface area contributed by atoms with Crippen LogP contribution in [0.1, 0.15) is 32.8 Å². The number of halogens is 1. The third kappa shape index (κ3) is 4.57. The molecule has 1 aromatic carbocycles. The van der Waals surface area contributed by atoms with E-state index in [9.17, 15) is 4.39 Å². The molecule has 1 aliphatic rings. The average molecular weight is 278 g/mol. The van der Waals surface area contributed by atoms with Crippen molar-refractivity contribution in [2.45, 2.75) is 45.7 Å². The number of benzene rings is 1. The molecule has 0 aliphatic carbocycles. The highest BCUT2D eigenvalue weighted by atomic mass is 19.1. The van der Waals surface area contributed by atoms with Crippen molar-refractivity contribution in [1.29, 1.82) is 0 Å². The van der Waals surface area contributed by atoms with E-state index in [0.29, 0.717) is 12.1 Å². The van der Waals surface area contributed by atoms with Crippen LogP contribution < -0.4 is 5.32 Å². The van der Waals surface area contributed by atoms with Gasteiger partial charge in [0.2, 0.25) is 0 Å². The normalized spacial score (nSPS) is 21.6. The van der Waals surface area contributed by atoms with E-state index in [-0.39, 0.29) is 5.82 Å². The maximum atomic E-state index is 12.9. The molecule has 20 heavy (non-hydrogen) atoms. The van der Waals surface area contributed by atoms with Crippen molar-refractivity contribution < 1.29 is 4.39 Å². The lowest BCUT2D eigenvalue weighted by atomic mass is 10.1. The predicted molar refractivity (Wildman–Crippen MR) is 82.4 cm³/mol. The Morgan fingerprint density at radius 2 is 1.95 bits per heavy atom. The van der Waals surface area contributed by atoms with Gasteiger partial charge in [0.1, 0.15) is 5.82 Å². The Kier molecular flexibility index (Phi) is 5.55. The molecule has 2 atom stereocenters. The maximum absolute atomic E-state index is 12.9. The van der Waals surface area contributed by atoms with E-state index in [4.69, 9.17) is 0 Å². The molecule has 3 heteroatoms. The summed E-state index contributed by atoms with van der Waals surface area (Å²) in [5.41, 5.74) is 1.20. The molecule has 1 saturated heterocycles. The number of likely N-dealkylation sites (tertiary alicyclic amines) is 1. The Morgan fingerprint density at radius 3 is 2.55 bits per heavy atom. The first-order chi connectivity index (χ1) is 9.54.